The van der Waals surface area contributed by atoms with Crippen LogP contribution < -0.4 is 11.1 Å². The van der Waals surface area contributed by atoms with Crippen molar-refractivity contribution in [2.45, 2.75) is 44.1 Å². The van der Waals surface area contributed by atoms with Gasteiger partial charge in [0.05, 0.1) is 12.2 Å². The molecule has 18 heavy (non-hydrogen) atoms. The first-order chi connectivity index (χ1) is 8.74. The van der Waals surface area contributed by atoms with Gasteiger partial charge < -0.3 is 15.8 Å². The maximum absolute atomic E-state index is 11.3. The van der Waals surface area contributed by atoms with Crippen LogP contribution in [0.3, 0.4) is 0 Å². The number of amides is 1. The average Bonchev–Trinajstić information content (AvgIpc) is 2.98. The molecule has 3 atom stereocenters. The SMILES string of the molecule is NC(=O)c1ccccc1CNC1CC2CCC1O2. The summed E-state index contributed by atoms with van der Waals surface area (Å²) >= 11 is 0. The molecule has 0 aliphatic carbocycles. The molecule has 0 saturated carbocycles. The number of benzene rings is 1. The monoisotopic (exact) mass is 246 g/mol. The van der Waals surface area contributed by atoms with Crippen LogP contribution in [0.25, 0.3) is 0 Å². The first-order valence-electron chi connectivity index (χ1n) is 6.50. The van der Waals surface area contributed by atoms with Gasteiger partial charge in [-0.15, -0.1) is 0 Å². The van der Waals surface area contributed by atoms with Crippen molar-refractivity contribution >= 4 is 5.91 Å². The normalized spacial score (nSPS) is 29.7. The van der Waals surface area contributed by atoms with Crippen LogP contribution in [0.4, 0.5) is 0 Å². The summed E-state index contributed by atoms with van der Waals surface area (Å²) in [5.74, 6) is -0.364. The van der Waals surface area contributed by atoms with Crippen molar-refractivity contribution in [3.8, 4) is 0 Å². The summed E-state index contributed by atoms with van der Waals surface area (Å²) in [5, 5.41) is 3.49. The van der Waals surface area contributed by atoms with Crippen LogP contribution in [0.2, 0.25) is 0 Å². The fraction of sp³-hybridized carbons (Fsp3) is 0.500. The Morgan fingerprint density at radius 3 is 2.89 bits per heavy atom. The number of rotatable bonds is 4. The van der Waals surface area contributed by atoms with Gasteiger partial charge in [0.2, 0.25) is 5.91 Å². The first kappa shape index (κ1) is 11.7. The van der Waals surface area contributed by atoms with E-state index in [9.17, 15) is 4.79 Å². The van der Waals surface area contributed by atoms with E-state index in [1.165, 1.54) is 6.42 Å². The molecular weight excluding hydrogens is 228 g/mol. The van der Waals surface area contributed by atoms with Gasteiger partial charge >= 0.3 is 0 Å². The van der Waals surface area contributed by atoms with Crippen LogP contribution in [0, 0.1) is 0 Å². The summed E-state index contributed by atoms with van der Waals surface area (Å²) in [6, 6.07) is 7.91. The first-order valence-corrected chi connectivity index (χ1v) is 6.50. The molecule has 2 aliphatic rings. The number of primary amides is 1. The zero-order valence-corrected chi connectivity index (χ0v) is 10.3. The summed E-state index contributed by atoms with van der Waals surface area (Å²) in [4.78, 5) is 11.3. The molecule has 4 nitrogen and oxygen atoms in total. The maximum atomic E-state index is 11.3. The van der Waals surface area contributed by atoms with Crippen LogP contribution in [-0.4, -0.2) is 24.2 Å². The van der Waals surface area contributed by atoms with E-state index in [4.69, 9.17) is 10.5 Å². The molecule has 3 unspecified atom stereocenters. The van der Waals surface area contributed by atoms with Crippen molar-refractivity contribution in [2.24, 2.45) is 5.73 Å². The quantitative estimate of drug-likeness (QED) is 0.839. The molecule has 96 valence electrons. The van der Waals surface area contributed by atoms with Crippen molar-refractivity contribution in [2.75, 3.05) is 0 Å². The van der Waals surface area contributed by atoms with Crippen molar-refractivity contribution in [1.29, 1.82) is 0 Å². The van der Waals surface area contributed by atoms with E-state index >= 15 is 0 Å². The Balaban J connectivity index is 1.65. The Morgan fingerprint density at radius 1 is 1.39 bits per heavy atom. The minimum absolute atomic E-state index is 0.357. The summed E-state index contributed by atoms with van der Waals surface area (Å²) < 4.78 is 5.80. The van der Waals surface area contributed by atoms with Gasteiger partial charge in [0.15, 0.2) is 0 Å². The Bertz CT molecular complexity index is 461. The Morgan fingerprint density at radius 2 is 2.22 bits per heavy atom. The van der Waals surface area contributed by atoms with Gasteiger partial charge in [-0.3, -0.25) is 4.79 Å². The van der Waals surface area contributed by atoms with E-state index in [0.29, 0.717) is 30.4 Å². The molecule has 2 bridgehead atoms. The third kappa shape index (κ3) is 2.13. The summed E-state index contributed by atoms with van der Waals surface area (Å²) in [5.41, 5.74) is 6.94. The highest BCUT2D eigenvalue weighted by Gasteiger charge is 2.40. The number of carbonyl (C=O) groups is 1. The van der Waals surface area contributed by atoms with E-state index < -0.39 is 0 Å². The third-order valence-electron chi connectivity index (χ3n) is 3.94. The van der Waals surface area contributed by atoms with Crippen molar-refractivity contribution in [3.63, 3.8) is 0 Å². The van der Waals surface area contributed by atoms with Crippen LogP contribution in [0.5, 0.6) is 0 Å². The van der Waals surface area contributed by atoms with E-state index in [-0.39, 0.29) is 5.91 Å². The van der Waals surface area contributed by atoms with E-state index in [1.54, 1.807) is 6.07 Å². The molecule has 4 heteroatoms. The average molecular weight is 246 g/mol. The smallest absolute Gasteiger partial charge is 0.249 e. The van der Waals surface area contributed by atoms with Crippen molar-refractivity contribution in [3.05, 3.63) is 35.4 Å². The molecule has 0 radical (unpaired) electrons. The second kappa shape index (κ2) is 4.71. The molecule has 1 aromatic carbocycles. The minimum atomic E-state index is -0.364. The molecule has 0 spiro atoms. The van der Waals surface area contributed by atoms with Gasteiger partial charge in [0.25, 0.3) is 0 Å². The van der Waals surface area contributed by atoms with Gasteiger partial charge in [-0.1, -0.05) is 18.2 Å². The van der Waals surface area contributed by atoms with E-state index in [2.05, 4.69) is 5.32 Å². The van der Waals surface area contributed by atoms with Crippen LogP contribution >= 0.6 is 0 Å². The molecule has 2 heterocycles. The molecule has 2 fully saturated rings. The van der Waals surface area contributed by atoms with Gasteiger partial charge in [0.1, 0.15) is 0 Å². The van der Waals surface area contributed by atoms with E-state index in [1.807, 2.05) is 18.2 Å². The second-order valence-corrected chi connectivity index (χ2v) is 5.12. The predicted octanol–water partition coefficient (Wildman–Crippen LogP) is 1.19. The number of hydrogen-bond acceptors (Lipinski definition) is 3. The number of nitrogens with two attached hydrogens (primary N) is 1. The van der Waals surface area contributed by atoms with E-state index in [0.717, 1.165) is 18.4 Å². The molecule has 1 aromatic rings. The highest BCUT2D eigenvalue weighted by Crippen LogP contribution is 2.34. The second-order valence-electron chi connectivity index (χ2n) is 5.12. The maximum Gasteiger partial charge on any atom is 0.249 e. The fourth-order valence-corrected chi connectivity index (χ4v) is 3.01. The molecule has 3 N–H and O–H groups in total. The Hall–Kier alpha value is -1.39. The number of ether oxygens (including phenoxy) is 1. The van der Waals surface area contributed by atoms with Gasteiger partial charge in [-0.2, -0.15) is 0 Å². The third-order valence-corrected chi connectivity index (χ3v) is 3.94. The standard InChI is InChI=1S/C14H18N2O2/c15-14(17)11-4-2-1-3-9(11)8-16-12-7-10-5-6-13(12)18-10/h1-4,10,12-13,16H,5-8H2,(H2,15,17). The zero-order chi connectivity index (χ0) is 12.5. The van der Waals surface area contributed by atoms with Gasteiger partial charge in [-0.05, 0) is 30.9 Å². The molecule has 2 saturated heterocycles. The number of nitrogens with one attached hydrogen (secondary N) is 1. The van der Waals surface area contributed by atoms with Crippen LogP contribution in [0.1, 0.15) is 35.2 Å². The van der Waals surface area contributed by atoms with Crippen LogP contribution in [0.15, 0.2) is 24.3 Å². The predicted molar refractivity (Wildman–Crippen MR) is 68.1 cm³/mol. The van der Waals surface area contributed by atoms with Crippen molar-refractivity contribution < 1.29 is 9.53 Å². The minimum Gasteiger partial charge on any atom is -0.373 e. The molecule has 1 amide bonds. The van der Waals surface area contributed by atoms with Gasteiger partial charge in [-0.25, -0.2) is 0 Å². The molecule has 2 aliphatic heterocycles. The Labute approximate surface area is 107 Å². The summed E-state index contributed by atoms with van der Waals surface area (Å²) in [6.07, 6.45) is 4.24. The molecule has 0 aromatic heterocycles. The fourth-order valence-electron chi connectivity index (χ4n) is 3.01. The lowest BCUT2D eigenvalue weighted by Crippen LogP contribution is -2.37. The highest BCUT2D eigenvalue weighted by molar-refractivity contribution is 5.94. The number of hydrogen-bond donors (Lipinski definition) is 2. The molecule has 3 rings (SSSR count). The highest BCUT2D eigenvalue weighted by atomic mass is 16.5. The summed E-state index contributed by atoms with van der Waals surface area (Å²) in [6.45, 7) is 0.677. The number of fused-ring (bicyclic) bond motifs is 2. The number of carbonyl (C=O) groups excluding carboxylic acids is 1. The van der Waals surface area contributed by atoms with Crippen LogP contribution in [-0.2, 0) is 11.3 Å². The van der Waals surface area contributed by atoms with Gasteiger partial charge in [0, 0.05) is 18.2 Å². The van der Waals surface area contributed by atoms with Crippen molar-refractivity contribution in [1.82, 2.24) is 5.32 Å². The lowest BCUT2D eigenvalue weighted by Gasteiger charge is -2.20. The zero-order valence-electron chi connectivity index (χ0n) is 10.3. The molecular formula is C14H18N2O2. The topological polar surface area (TPSA) is 64.4 Å². The largest absolute Gasteiger partial charge is 0.373 e. The Kier molecular flexibility index (Phi) is 3.06. The summed E-state index contributed by atoms with van der Waals surface area (Å²) in [7, 11) is 0. The lowest BCUT2D eigenvalue weighted by atomic mass is 9.95. The lowest BCUT2D eigenvalue weighted by molar-refractivity contribution is 0.0972.